The Balaban J connectivity index is 1.67. The topological polar surface area (TPSA) is 67.4 Å². The molecule has 0 radical (unpaired) electrons. The lowest BCUT2D eigenvalue weighted by molar-refractivity contribution is -0.140. The van der Waals surface area contributed by atoms with Crippen molar-refractivity contribution in [3.05, 3.63) is 118 Å². The van der Waals surface area contributed by atoms with Gasteiger partial charge in [-0.05, 0) is 47.7 Å². The van der Waals surface area contributed by atoms with Gasteiger partial charge in [0, 0.05) is 10.7 Å². The number of hydrogen-bond donors (Lipinski definition) is 2. The minimum absolute atomic E-state index is 0.0742. The Kier molecular flexibility index (Phi) is 7.05. The first kappa shape index (κ1) is 22.6. The number of amides is 2. The molecule has 168 valence electrons. The van der Waals surface area contributed by atoms with Gasteiger partial charge in [-0.25, -0.2) is 14.0 Å². The van der Waals surface area contributed by atoms with Gasteiger partial charge in [0.05, 0.1) is 11.6 Å². The van der Waals surface area contributed by atoms with Crippen LogP contribution in [0, 0.1) is 5.82 Å². The van der Waals surface area contributed by atoms with Crippen molar-refractivity contribution in [2.24, 2.45) is 0 Å². The van der Waals surface area contributed by atoms with E-state index in [4.69, 9.17) is 16.3 Å². The van der Waals surface area contributed by atoms with Crippen LogP contribution >= 0.6 is 11.6 Å². The Morgan fingerprint density at radius 1 is 0.970 bits per heavy atom. The van der Waals surface area contributed by atoms with Gasteiger partial charge in [0.1, 0.15) is 12.4 Å². The summed E-state index contributed by atoms with van der Waals surface area (Å²) in [6, 6.07) is 21.2. The van der Waals surface area contributed by atoms with Crippen LogP contribution < -0.4 is 10.6 Å². The van der Waals surface area contributed by atoms with Crippen LogP contribution in [0.25, 0.3) is 0 Å². The van der Waals surface area contributed by atoms with Crippen molar-refractivity contribution < 1.29 is 18.7 Å². The van der Waals surface area contributed by atoms with Crippen molar-refractivity contribution in [1.29, 1.82) is 0 Å². The first-order valence-corrected chi connectivity index (χ1v) is 10.9. The maximum absolute atomic E-state index is 14.0. The molecular formula is C26H22ClFN2O3. The average Bonchev–Trinajstić information content (AvgIpc) is 2.82. The third kappa shape index (κ3) is 5.59. The number of aryl methyl sites for hydroxylation is 1. The maximum Gasteiger partial charge on any atom is 0.338 e. The van der Waals surface area contributed by atoms with E-state index in [0.29, 0.717) is 29.1 Å². The molecule has 1 unspecified atom stereocenters. The quantitative estimate of drug-likeness (QED) is 0.456. The summed E-state index contributed by atoms with van der Waals surface area (Å²) in [7, 11) is 0. The molecule has 0 saturated carbocycles. The molecule has 5 nitrogen and oxygen atoms in total. The van der Waals surface area contributed by atoms with Crippen LogP contribution in [0.5, 0.6) is 0 Å². The zero-order chi connectivity index (χ0) is 23.2. The van der Waals surface area contributed by atoms with E-state index in [1.165, 1.54) is 18.2 Å². The maximum atomic E-state index is 14.0. The summed E-state index contributed by atoms with van der Waals surface area (Å²) in [4.78, 5) is 25.7. The average molecular weight is 465 g/mol. The standard InChI is InChI=1S/C26H22ClFN2O3/c27-21-12-5-4-9-18(21)13-14-22-23(25(31)33-16-17-7-2-1-3-8-17)24(30-26(32)29-22)19-10-6-11-20(28)15-19/h1-12,15,24H,13-14,16H2,(H2,29,30,32). The van der Waals surface area contributed by atoms with Gasteiger partial charge in [-0.1, -0.05) is 72.3 Å². The minimum Gasteiger partial charge on any atom is -0.457 e. The van der Waals surface area contributed by atoms with Crippen LogP contribution in [0.1, 0.15) is 29.2 Å². The highest BCUT2D eigenvalue weighted by Crippen LogP contribution is 2.30. The molecule has 7 heteroatoms. The molecular weight excluding hydrogens is 443 g/mol. The number of urea groups is 1. The van der Waals surface area contributed by atoms with Gasteiger partial charge >= 0.3 is 12.0 Å². The highest BCUT2D eigenvalue weighted by Gasteiger charge is 2.34. The summed E-state index contributed by atoms with van der Waals surface area (Å²) in [6.07, 6.45) is 0.847. The molecule has 2 amide bonds. The number of carbonyl (C=O) groups excluding carboxylic acids is 2. The predicted molar refractivity (Wildman–Crippen MR) is 124 cm³/mol. The zero-order valence-electron chi connectivity index (χ0n) is 17.7. The molecule has 0 bridgehead atoms. The molecule has 1 aliphatic rings. The molecule has 3 aromatic carbocycles. The molecule has 0 fully saturated rings. The summed E-state index contributed by atoms with van der Waals surface area (Å²) in [5.41, 5.74) is 2.83. The van der Waals surface area contributed by atoms with Crippen molar-refractivity contribution in [3.8, 4) is 0 Å². The van der Waals surface area contributed by atoms with Crippen molar-refractivity contribution in [2.45, 2.75) is 25.5 Å². The summed E-state index contributed by atoms with van der Waals surface area (Å²) in [5, 5.41) is 6.07. The minimum atomic E-state index is -0.848. The Morgan fingerprint density at radius 3 is 2.48 bits per heavy atom. The zero-order valence-corrected chi connectivity index (χ0v) is 18.4. The van der Waals surface area contributed by atoms with E-state index in [-0.39, 0.29) is 12.2 Å². The fourth-order valence-corrected chi connectivity index (χ4v) is 3.98. The summed E-state index contributed by atoms with van der Waals surface area (Å²) >= 11 is 6.28. The molecule has 33 heavy (non-hydrogen) atoms. The van der Waals surface area contributed by atoms with Gasteiger partial charge < -0.3 is 15.4 Å². The largest absolute Gasteiger partial charge is 0.457 e. The highest BCUT2D eigenvalue weighted by molar-refractivity contribution is 6.31. The van der Waals surface area contributed by atoms with Gasteiger partial charge in [-0.3, -0.25) is 0 Å². The van der Waals surface area contributed by atoms with E-state index in [2.05, 4.69) is 10.6 Å². The predicted octanol–water partition coefficient (Wildman–Crippen LogP) is 5.46. The first-order valence-electron chi connectivity index (χ1n) is 10.5. The van der Waals surface area contributed by atoms with E-state index in [9.17, 15) is 14.0 Å². The van der Waals surface area contributed by atoms with E-state index in [1.54, 1.807) is 12.1 Å². The number of nitrogens with one attached hydrogen (secondary N) is 2. The fourth-order valence-electron chi connectivity index (χ4n) is 3.75. The van der Waals surface area contributed by atoms with Crippen molar-refractivity contribution in [1.82, 2.24) is 10.6 Å². The van der Waals surface area contributed by atoms with Crippen LogP contribution in [0.4, 0.5) is 9.18 Å². The number of hydrogen-bond acceptors (Lipinski definition) is 3. The van der Waals surface area contributed by atoms with Gasteiger partial charge in [0.2, 0.25) is 0 Å². The third-order valence-electron chi connectivity index (χ3n) is 5.37. The number of halogens is 2. The first-order chi connectivity index (χ1) is 16.0. The normalized spacial score (nSPS) is 15.6. The smallest absolute Gasteiger partial charge is 0.338 e. The number of carbonyl (C=O) groups is 2. The number of allylic oxidation sites excluding steroid dienone is 1. The molecule has 1 heterocycles. The van der Waals surface area contributed by atoms with E-state index >= 15 is 0 Å². The van der Waals surface area contributed by atoms with Crippen LogP contribution in [-0.2, 0) is 22.6 Å². The van der Waals surface area contributed by atoms with Gasteiger partial charge in [0.25, 0.3) is 0 Å². The summed E-state index contributed by atoms with van der Waals surface area (Å²) < 4.78 is 19.5. The molecule has 4 rings (SSSR count). The molecule has 0 aromatic heterocycles. The summed E-state index contributed by atoms with van der Waals surface area (Å²) in [6.45, 7) is 0.0742. The van der Waals surface area contributed by atoms with Gasteiger partial charge in [0.15, 0.2) is 0 Å². The molecule has 3 aromatic rings. The molecule has 1 aliphatic heterocycles. The Bertz CT molecular complexity index is 1200. The second-order valence-corrected chi connectivity index (χ2v) is 8.04. The summed E-state index contributed by atoms with van der Waals surface area (Å²) in [5.74, 6) is -1.05. The van der Waals surface area contributed by atoms with Gasteiger partial charge in [-0.15, -0.1) is 0 Å². The van der Waals surface area contributed by atoms with Crippen molar-refractivity contribution in [3.63, 3.8) is 0 Å². The lowest BCUT2D eigenvalue weighted by Crippen LogP contribution is -2.46. The van der Waals surface area contributed by atoms with Crippen LogP contribution in [0.15, 0.2) is 90.1 Å². The second-order valence-electron chi connectivity index (χ2n) is 7.63. The van der Waals surface area contributed by atoms with Crippen molar-refractivity contribution >= 4 is 23.6 Å². The third-order valence-corrected chi connectivity index (χ3v) is 5.74. The van der Waals surface area contributed by atoms with Gasteiger partial charge in [-0.2, -0.15) is 0 Å². The molecule has 2 N–H and O–H groups in total. The fraction of sp³-hybridized carbons (Fsp3) is 0.154. The number of ether oxygens (including phenoxy) is 1. The van der Waals surface area contributed by atoms with Crippen molar-refractivity contribution in [2.75, 3.05) is 0 Å². The van der Waals surface area contributed by atoms with Crippen LogP contribution in [0.2, 0.25) is 5.02 Å². The molecule has 0 saturated heterocycles. The number of rotatable bonds is 7. The SMILES string of the molecule is O=C1NC(CCc2ccccc2Cl)=C(C(=O)OCc2ccccc2)C(c2cccc(F)c2)N1. The van der Waals surface area contributed by atoms with Crippen LogP contribution in [0.3, 0.4) is 0 Å². The van der Waals surface area contributed by atoms with E-state index in [1.807, 2.05) is 48.5 Å². The highest BCUT2D eigenvalue weighted by atomic mass is 35.5. The Morgan fingerprint density at radius 2 is 1.73 bits per heavy atom. The van der Waals surface area contributed by atoms with E-state index in [0.717, 1.165) is 11.1 Å². The lowest BCUT2D eigenvalue weighted by atomic mass is 9.93. The number of benzene rings is 3. The second kappa shape index (κ2) is 10.3. The molecule has 0 spiro atoms. The number of esters is 1. The Hall–Kier alpha value is -3.64. The Labute approximate surface area is 196 Å². The monoisotopic (exact) mass is 464 g/mol. The van der Waals surface area contributed by atoms with Crippen LogP contribution in [-0.4, -0.2) is 12.0 Å². The lowest BCUT2D eigenvalue weighted by Gasteiger charge is -2.29. The molecule has 0 aliphatic carbocycles. The molecule has 1 atom stereocenters. The van der Waals surface area contributed by atoms with E-state index < -0.39 is 23.9 Å².